The lowest BCUT2D eigenvalue weighted by Gasteiger charge is -2.08. The third-order valence-corrected chi connectivity index (χ3v) is 3.37. The molecule has 2 heteroatoms. The molecule has 0 aliphatic carbocycles. The molecule has 3 rings (SSSR count). The van der Waals surface area contributed by atoms with Crippen LogP contribution >= 0.6 is 0 Å². The lowest BCUT2D eigenvalue weighted by molar-refractivity contribution is 0.482. The molecule has 0 spiro atoms. The molecule has 3 aromatic rings. The minimum absolute atomic E-state index is 0.823. The molecule has 0 saturated heterocycles. The third-order valence-electron chi connectivity index (χ3n) is 3.37. The minimum atomic E-state index is 0.823. The molecule has 20 heavy (non-hydrogen) atoms. The van der Waals surface area contributed by atoms with Crippen LogP contribution in [-0.4, -0.2) is 0 Å². The maximum atomic E-state index is 5.86. The van der Waals surface area contributed by atoms with Crippen molar-refractivity contribution in [1.29, 1.82) is 0 Å². The summed E-state index contributed by atoms with van der Waals surface area (Å²) < 4.78 is 11.2. The fourth-order valence-electron chi connectivity index (χ4n) is 2.04. The molecule has 0 bridgehead atoms. The van der Waals surface area contributed by atoms with Gasteiger partial charge in [-0.3, -0.25) is 0 Å². The van der Waals surface area contributed by atoms with Crippen LogP contribution in [0.4, 0.5) is 0 Å². The molecule has 0 N–H and O–H groups in total. The van der Waals surface area contributed by atoms with Gasteiger partial charge in [-0.05, 0) is 73.5 Å². The van der Waals surface area contributed by atoms with Gasteiger partial charge < -0.3 is 9.15 Å². The highest BCUT2D eigenvalue weighted by atomic mass is 16.5. The van der Waals surface area contributed by atoms with Crippen molar-refractivity contribution in [3.63, 3.8) is 0 Å². The average molecular weight is 264 g/mol. The molecule has 0 unspecified atom stereocenters. The van der Waals surface area contributed by atoms with E-state index >= 15 is 0 Å². The smallest absolute Gasteiger partial charge is 0.133 e. The van der Waals surface area contributed by atoms with Crippen molar-refractivity contribution in [3.05, 3.63) is 72.0 Å². The summed E-state index contributed by atoms with van der Waals surface area (Å²) in [6, 6.07) is 17.8. The molecular formula is C18H16O2. The van der Waals surface area contributed by atoms with Crippen molar-refractivity contribution in [1.82, 2.24) is 0 Å². The minimum Gasteiger partial charge on any atom is -0.464 e. The van der Waals surface area contributed by atoms with Crippen molar-refractivity contribution < 1.29 is 9.15 Å². The predicted molar refractivity (Wildman–Crippen MR) is 80.1 cm³/mol. The summed E-state index contributed by atoms with van der Waals surface area (Å²) in [4.78, 5) is 0. The Morgan fingerprint density at radius 1 is 0.800 bits per heavy atom. The maximum absolute atomic E-state index is 5.86. The molecule has 0 radical (unpaired) electrons. The van der Waals surface area contributed by atoms with E-state index in [9.17, 15) is 0 Å². The van der Waals surface area contributed by atoms with Crippen LogP contribution in [0.5, 0.6) is 11.5 Å². The molecular weight excluding hydrogens is 248 g/mol. The SMILES string of the molecule is Cc1ccc(Oc2ccc(-c3ccco3)cc2)cc1C. The molecule has 0 atom stereocenters. The Labute approximate surface area is 118 Å². The Hall–Kier alpha value is -2.48. The van der Waals surface area contributed by atoms with E-state index in [1.165, 1.54) is 11.1 Å². The van der Waals surface area contributed by atoms with Gasteiger partial charge in [0.15, 0.2) is 0 Å². The molecule has 1 aromatic heterocycles. The van der Waals surface area contributed by atoms with E-state index in [0.717, 1.165) is 22.8 Å². The van der Waals surface area contributed by atoms with Crippen LogP contribution in [-0.2, 0) is 0 Å². The van der Waals surface area contributed by atoms with Gasteiger partial charge in [0, 0.05) is 5.56 Å². The van der Waals surface area contributed by atoms with Crippen LogP contribution in [0.15, 0.2) is 65.3 Å². The number of rotatable bonds is 3. The van der Waals surface area contributed by atoms with Gasteiger partial charge in [0.25, 0.3) is 0 Å². The molecule has 2 nitrogen and oxygen atoms in total. The van der Waals surface area contributed by atoms with Crippen LogP contribution < -0.4 is 4.74 Å². The highest BCUT2D eigenvalue weighted by Crippen LogP contribution is 2.27. The summed E-state index contributed by atoms with van der Waals surface area (Å²) in [5.74, 6) is 2.55. The number of ether oxygens (including phenoxy) is 1. The molecule has 0 aliphatic heterocycles. The fourth-order valence-corrected chi connectivity index (χ4v) is 2.04. The lowest BCUT2D eigenvalue weighted by Crippen LogP contribution is -1.87. The largest absolute Gasteiger partial charge is 0.464 e. The number of hydrogen-bond donors (Lipinski definition) is 0. The first-order valence-electron chi connectivity index (χ1n) is 6.61. The van der Waals surface area contributed by atoms with Crippen LogP contribution in [0.1, 0.15) is 11.1 Å². The molecule has 2 aromatic carbocycles. The monoisotopic (exact) mass is 264 g/mol. The van der Waals surface area contributed by atoms with E-state index in [0.29, 0.717) is 0 Å². The summed E-state index contributed by atoms with van der Waals surface area (Å²) in [5, 5.41) is 0. The van der Waals surface area contributed by atoms with Crippen molar-refractivity contribution >= 4 is 0 Å². The third kappa shape index (κ3) is 2.59. The van der Waals surface area contributed by atoms with Crippen LogP contribution in [0.2, 0.25) is 0 Å². The van der Waals surface area contributed by atoms with Gasteiger partial charge >= 0.3 is 0 Å². The highest BCUT2D eigenvalue weighted by molar-refractivity contribution is 5.58. The van der Waals surface area contributed by atoms with Gasteiger partial charge in [-0.15, -0.1) is 0 Å². The Morgan fingerprint density at radius 3 is 2.20 bits per heavy atom. The van der Waals surface area contributed by atoms with E-state index in [1.807, 2.05) is 42.5 Å². The van der Waals surface area contributed by atoms with Crippen molar-refractivity contribution in [3.8, 4) is 22.8 Å². The molecule has 1 heterocycles. The summed E-state index contributed by atoms with van der Waals surface area (Å²) in [5.41, 5.74) is 3.54. The van der Waals surface area contributed by atoms with Gasteiger partial charge in [0.05, 0.1) is 6.26 Å². The van der Waals surface area contributed by atoms with E-state index in [-0.39, 0.29) is 0 Å². The van der Waals surface area contributed by atoms with Crippen molar-refractivity contribution in [2.24, 2.45) is 0 Å². The van der Waals surface area contributed by atoms with Gasteiger partial charge in [0.2, 0.25) is 0 Å². The predicted octanol–water partition coefficient (Wildman–Crippen LogP) is 5.36. The average Bonchev–Trinajstić information content (AvgIpc) is 2.98. The molecule has 100 valence electrons. The molecule has 0 amide bonds. The first kappa shape index (κ1) is 12.5. The second kappa shape index (κ2) is 5.25. The first-order valence-corrected chi connectivity index (χ1v) is 6.61. The molecule has 0 aliphatic rings. The summed E-state index contributed by atoms with van der Waals surface area (Å²) in [7, 11) is 0. The van der Waals surface area contributed by atoms with Crippen LogP contribution in [0.25, 0.3) is 11.3 Å². The maximum Gasteiger partial charge on any atom is 0.133 e. The number of aryl methyl sites for hydroxylation is 2. The number of hydrogen-bond acceptors (Lipinski definition) is 2. The zero-order valence-corrected chi connectivity index (χ0v) is 11.6. The van der Waals surface area contributed by atoms with Gasteiger partial charge in [-0.1, -0.05) is 6.07 Å². The van der Waals surface area contributed by atoms with Crippen molar-refractivity contribution in [2.45, 2.75) is 13.8 Å². The molecule has 0 saturated carbocycles. The van der Waals surface area contributed by atoms with Crippen LogP contribution in [0, 0.1) is 13.8 Å². The summed E-state index contributed by atoms with van der Waals surface area (Å²) in [6.45, 7) is 4.18. The second-order valence-corrected chi connectivity index (χ2v) is 4.85. The highest BCUT2D eigenvalue weighted by Gasteiger charge is 2.02. The van der Waals surface area contributed by atoms with Crippen LogP contribution in [0.3, 0.4) is 0 Å². The normalized spacial score (nSPS) is 10.5. The number of furan rings is 1. The van der Waals surface area contributed by atoms with Crippen molar-refractivity contribution in [2.75, 3.05) is 0 Å². The summed E-state index contributed by atoms with van der Waals surface area (Å²) in [6.07, 6.45) is 1.68. The Morgan fingerprint density at radius 2 is 1.55 bits per heavy atom. The Bertz CT molecular complexity index is 695. The van der Waals surface area contributed by atoms with E-state index in [1.54, 1.807) is 6.26 Å². The van der Waals surface area contributed by atoms with Gasteiger partial charge in [-0.25, -0.2) is 0 Å². The van der Waals surface area contributed by atoms with Gasteiger partial charge in [0.1, 0.15) is 17.3 Å². The van der Waals surface area contributed by atoms with E-state index in [4.69, 9.17) is 9.15 Å². The Kier molecular flexibility index (Phi) is 3.30. The zero-order chi connectivity index (χ0) is 13.9. The zero-order valence-electron chi connectivity index (χ0n) is 11.6. The number of benzene rings is 2. The standard InChI is InChI=1S/C18H16O2/c1-13-5-8-17(12-14(13)2)20-16-9-6-15(7-10-16)18-4-3-11-19-18/h3-12H,1-2H3. The second-order valence-electron chi connectivity index (χ2n) is 4.85. The first-order chi connectivity index (χ1) is 9.72. The van der Waals surface area contributed by atoms with Gasteiger partial charge in [-0.2, -0.15) is 0 Å². The van der Waals surface area contributed by atoms with E-state index < -0.39 is 0 Å². The van der Waals surface area contributed by atoms with E-state index in [2.05, 4.69) is 26.0 Å². The molecule has 0 fully saturated rings. The topological polar surface area (TPSA) is 22.4 Å². The quantitative estimate of drug-likeness (QED) is 0.635. The Balaban J connectivity index is 1.79. The fraction of sp³-hybridized carbons (Fsp3) is 0.111. The summed E-state index contributed by atoms with van der Waals surface area (Å²) >= 11 is 0. The lowest BCUT2D eigenvalue weighted by atomic mass is 10.1.